The lowest BCUT2D eigenvalue weighted by atomic mass is 9.93. The highest BCUT2D eigenvalue weighted by Crippen LogP contribution is 2.69. The summed E-state index contributed by atoms with van der Waals surface area (Å²) in [5, 5.41) is 12.0. The van der Waals surface area contributed by atoms with E-state index in [2.05, 4.69) is 5.32 Å². The van der Waals surface area contributed by atoms with Gasteiger partial charge < -0.3 is 10.4 Å². The van der Waals surface area contributed by atoms with Crippen molar-refractivity contribution in [2.45, 2.75) is 51.5 Å². The van der Waals surface area contributed by atoms with E-state index in [-0.39, 0.29) is 18.2 Å². The molecule has 0 spiro atoms. The number of nitrogens with one attached hydrogen (secondary N) is 1. The minimum atomic E-state index is -0.847. The number of carbonyl (C=O) groups is 2. The number of fused-ring (bicyclic) bond motifs is 5. The molecule has 3 rings (SSSR count). The van der Waals surface area contributed by atoms with Crippen molar-refractivity contribution in [2.75, 3.05) is 0 Å². The number of amides is 1. The van der Waals surface area contributed by atoms with Crippen LogP contribution in [0.1, 0.15) is 46.0 Å². The summed E-state index contributed by atoms with van der Waals surface area (Å²) >= 11 is 0. The second-order valence-electron chi connectivity index (χ2n) is 6.99. The Hall–Kier alpha value is -1.06. The highest BCUT2D eigenvalue weighted by molar-refractivity contribution is 5.84. The van der Waals surface area contributed by atoms with E-state index in [1.165, 1.54) is 19.3 Å². The van der Waals surface area contributed by atoms with Gasteiger partial charge in [-0.25, -0.2) is 0 Å². The molecule has 3 fully saturated rings. The molecule has 6 atom stereocenters. The summed E-state index contributed by atoms with van der Waals surface area (Å²) in [5.74, 6) is 2.23. The molecule has 2 N–H and O–H groups in total. The Morgan fingerprint density at radius 2 is 1.84 bits per heavy atom. The molecule has 0 aromatic rings. The molecule has 2 bridgehead atoms. The molecule has 4 nitrogen and oxygen atoms in total. The fourth-order valence-corrected chi connectivity index (χ4v) is 4.65. The lowest BCUT2D eigenvalue weighted by molar-refractivity contribution is -0.139. The summed E-state index contributed by atoms with van der Waals surface area (Å²) in [7, 11) is 0. The standard InChI is InChI=1S/C15H23NO3/c1-3-15(2,7-10(17)18)16-14(19)13-11-8-4-5-9(6-8)12(11)13/h8-9,11-13H,3-7H2,1-2H3,(H,16,19)(H,17,18)/t8-,9-,11-,12+,13?,15-/m0/s1. The van der Waals surface area contributed by atoms with Crippen LogP contribution in [0, 0.1) is 29.6 Å². The summed E-state index contributed by atoms with van der Waals surface area (Å²) in [6, 6.07) is 0. The molecule has 3 aliphatic carbocycles. The van der Waals surface area contributed by atoms with Gasteiger partial charge in [0.05, 0.1) is 6.42 Å². The highest BCUT2D eigenvalue weighted by Gasteiger charge is 2.67. The van der Waals surface area contributed by atoms with Gasteiger partial charge in [-0.15, -0.1) is 0 Å². The highest BCUT2D eigenvalue weighted by atomic mass is 16.4. The topological polar surface area (TPSA) is 66.4 Å². The SMILES string of the molecule is CC[C@@](C)(CC(=O)O)NC(=O)C1[C@@H]2[C@H]3CC[C@@H](C3)[C@H]12. The van der Waals surface area contributed by atoms with Crippen LogP contribution in [0.2, 0.25) is 0 Å². The number of rotatable bonds is 5. The lowest BCUT2D eigenvalue weighted by Crippen LogP contribution is -2.48. The molecular formula is C15H23NO3. The lowest BCUT2D eigenvalue weighted by Gasteiger charge is -2.28. The molecule has 19 heavy (non-hydrogen) atoms. The van der Waals surface area contributed by atoms with Gasteiger partial charge in [-0.1, -0.05) is 6.92 Å². The Bertz CT molecular complexity index is 406. The first-order chi connectivity index (χ1) is 8.95. The summed E-state index contributed by atoms with van der Waals surface area (Å²) in [6.45, 7) is 3.77. The number of hydrogen-bond acceptors (Lipinski definition) is 2. The molecule has 0 saturated heterocycles. The van der Waals surface area contributed by atoms with E-state index in [0.29, 0.717) is 18.3 Å². The Morgan fingerprint density at radius 3 is 2.32 bits per heavy atom. The van der Waals surface area contributed by atoms with E-state index in [1.54, 1.807) is 0 Å². The van der Waals surface area contributed by atoms with E-state index in [4.69, 9.17) is 5.11 Å². The Balaban J connectivity index is 1.62. The Kier molecular flexibility index (Phi) is 2.88. The van der Waals surface area contributed by atoms with Gasteiger partial charge in [0.1, 0.15) is 0 Å². The number of carbonyl (C=O) groups excluding carboxylic acids is 1. The van der Waals surface area contributed by atoms with E-state index >= 15 is 0 Å². The van der Waals surface area contributed by atoms with Crippen molar-refractivity contribution in [2.24, 2.45) is 29.6 Å². The third-order valence-electron chi connectivity index (χ3n) is 5.78. The molecule has 106 valence electrons. The number of carboxylic acid groups (broad SMARTS) is 1. The summed E-state index contributed by atoms with van der Waals surface area (Å²) in [5.41, 5.74) is -0.598. The maximum absolute atomic E-state index is 12.4. The predicted molar refractivity (Wildman–Crippen MR) is 70.4 cm³/mol. The first-order valence-electron chi connectivity index (χ1n) is 7.49. The third kappa shape index (κ3) is 2.05. The Morgan fingerprint density at radius 1 is 1.26 bits per heavy atom. The minimum Gasteiger partial charge on any atom is -0.481 e. The van der Waals surface area contributed by atoms with Crippen LogP contribution < -0.4 is 5.32 Å². The zero-order valence-electron chi connectivity index (χ0n) is 11.7. The van der Waals surface area contributed by atoms with Crippen LogP contribution in [-0.4, -0.2) is 22.5 Å². The first kappa shape index (κ1) is 12.9. The van der Waals surface area contributed by atoms with Crippen LogP contribution in [-0.2, 0) is 9.59 Å². The van der Waals surface area contributed by atoms with E-state index < -0.39 is 11.5 Å². The van der Waals surface area contributed by atoms with Gasteiger partial charge in [0, 0.05) is 11.5 Å². The zero-order chi connectivity index (χ0) is 13.8. The first-order valence-corrected chi connectivity index (χ1v) is 7.49. The number of carboxylic acids is 1. The molecule has 3 saturated carbocycles. The molecule has 3 aliphatic rings. The van der Waals surface area contributed by atoms with Crippen molar-refractivity contribution in [3.8, 4) is 0 Å². The van der Waals surface area contributed by atoms with Gasteiger partial charge in [-0.05, 0) is 56.3 Å². The van der Waals surface area contributed by atoms with Crippen molar-refractivity contribution in [1.82, 2.24) is 5.32 Å². The zero-order valence-corrected chi connectivity index (χ0v) is 11.7. The monoisotopic (exact) mass is 265 g/mol. The van der Waals surface area contributed by atoms with Gasteiger partial charge in [-0.2, -0.15) is 0 Å². The van der Waals surface area contributed by atoms with Crippen LogP contribution >= 0.6 is 0 Å². The van der Waals surface area contributed by atoms with E-state index in [0.717, 1.165) is 11.8 Å². The van der Waals surface area contributed by atoms with E-state index in [9.17, 15) is 9.59 Å². The molecule has 1 amide bonds. The molecule has 0 aromatic carbocycles. The van der Waals surface area contributed by atoms with Gasteiger partial charge in [0.2, 0.25) is 5.91 Å². The van der Waals surface area contributed by atoms with Gasteiger partial charge >= 0.3 is 5.97 Å². The van der Waals surface area contributed by atoms with Gasteiger partial charge in [0.15, 0.2) is 0 Å². The fourth-order valence-electron chi connectivity index (χ4n) is 4.65. The number of hydrogen-bond donors (Lipinski definition) is 2. The molecule has 0 heterocycles. The summed E-state index contributed by atoms with van der Waals surface area (Å²) in [6.07, 6.45) is 4.59. The molecule has 1 unspecified atom stereocenters. The van der Waals surface area contributed by atoms with E-state index in [1.807, 2.05) is 13.8 Å². The van der Waals surface area contributed by atoms with Crippen LogP contribution in [0.15, 0.2) is 0 Å². The van der Waals surface area contributed by atoms with Crippen LogP contribution in [0.5, 0.6) is 0 Å². The van der Waals surface area contributed by atoms with Crippen molar-refractivity contribution in [3.05, 3.63) is 0 Å². The maximum Gasteiger partial charge on any atom is 0.305 e. The van der Waals surface area contributed by atoms with Crippen molar-refractivity contribution in [3.63, 3.8) is 0 Å². The fraction of sp³-hybridized carbons (Fsp3) is 0.867. The van der Waals surface area contributed by atoms with Crippen molar-refractivity contribution in [1.29, 1.82) is 0 Å². The second-order valence-corrected chi connectivity index (χ2v) is 6.99. The van der Waals surface area contributed by atoms with Crippen LogP contribution in [0.4, 0.5) is 0 Å². The maximum atomic E-state index is 12.4. The third-order valence-corrected chi connectivity index (χ3v) is 5.78. The van der Waals surface area contributed by atoms with Crippen molar-refractivity contribution >= 4 is 11.9 Å². The second kappa shape index (κ2) is 4.22. The molecule has 0 aliphatic heterocycles. The molecular weight excluding hydrogens is 242 g/mol. The predicted octanol–water partition coefficient (Wildman–Crippen LogP) is 2.04. The smallest absolute Gasteiger partial charge is 0.305 e. The summed E-state index contributed by atoms with van der Waals surface area (Å²) < 4.78 is 0. The number of aliphatic carboxylic acids is 1. The minimum absolute atomic E-state index is 0.00412. The average Bonchev–Trinajstić information content (AvgIpc) is 2.78. The van der Waals surface area contributed by atoms with Crippen LogP contribution in [0.3, 0.4) is 0 Å². The molecule has 4 heteroatoms. The quantitative estimate of drug-likeness (QED) is 0.799. The largest absolute Gasteiger partial charge is 0.481 e. The average molecular weight is 265 g/mol. The van der Waals surface area contributed by atoms with Crippen LogP contribution in [0.25, 0.3) is 0 Å². The Labute approximate surface area is 113 Å². The summed E-state index contributed by atoms with van der Waals surface area (Å²) in [4.78, 5) is 23.3. The molecule has 0 aromatic heterocycles. The normalized spacial score (nSPS) is 41.5. The molecule has 0 radical (unpaired) electrons. The van der Waals surface area contributed by atoms with Gasteiger partial charge in [0.25, 0.3) is 0 Å². The van der Waals surface area contributed by atoms with Gasteiger partial charge in [-0.3, -0.25) is 9.59 Å². The van der Waals surface area contributed by atoms with Crippen molar-refractivity contribution < 1.29 is 14.7 Å².